The summed E-state index contributed by atoms with van der Waals surface area (Å²) in [6.45, 7) is 6.31. The minimum atomic E-state index is -0.296. The molecular weight excluding hydrogens is 250 g/mol. The van der Waals surface area contributed by atoms with Gasteiger partial charge in [-0.3, -0.25) is 16.1 Å². The summed E-state index contributed by atoms with van der Waals surface area (Å²) in [6, 6.07) is 5.62. The lowest BCUT2D eigenvalue weighted by Gasteiger charge is -2.20. The van der Waals surface area contributed by atoms with Crippen molar-refractivity contribution in [3.8, 4) is 0 Å². The van der Waals surface area contributed by atoms with Crippen molar-refractivity contribution in [2.45, 2.75) is 26.2 Å². The number of nitrogens with one attached hydrogen (secondary N) is 4. The van der Waals surface area contributed by atoms with Crippen LogP contribution in [0.15, 0.2) is 18.2 Å². The molecule has 5 nitrogen and oxygen atoms in total. The van der Waals surface area contributed by atoms with Crippen LogP contribution >= 0.6 is 11.6 Å². The standard InChI is InChI=1S/C12H18ClN5/c1-12(2,3)7-4-5-9(8(13)6-7)17-11(16)18-10(14)15/h4-6H,1-3H3,(H6,14,15,16,17,18). The van der Waals surface area contributed by atoms with E-state index in [1.165, 1.54) is 0 Å². The molecule has 0 aromatic heterocycles. The minimum Gasteiger partial charge on any atom is -0.370 e. The highest BCUT2D eigenvalue weighted by Crippen LogP contribution is 2.29. The van der Waals surface area contributed by atoms with Crippen LogP contribution in [0, 0.1) is 10.8 Å². The van der Waals surface area contributed by atoms with Gasteiger partial charge in [-0.2, -0.15) is 0 Å². The van der Waals surface area contributed by atoms with Crippen LogP contribution in [0.4, 0.5) is 5.69 Å². The molecule has 0 atom stereocenters. The van der Waals surface area contributed by atoms with Gasteiger partial charge in [0.05, 0.1) is 10.7 Å². The molecule has 0 spiro atoms. The van der Waals surface area contributed by atoms with Gasteiger partial charge in [0.25, 0.3) is 0 Å². The second kappa shape index (κ2) is 5.27. The van der Waals surface area contributed by atoms with Crippen LogP contribution in [-0.4, -0.2) is 11.9 Å². The number of guanidine groups is 2. The molecule has 0 heterocycles. The van der Waals surface area contributed by atoms with Gasteiger partial charge in [0.1, 0.15) is 0 Å². The molecule has 0 amide bonds. The van der Waals surface area contributed by atoms with Crippen LogP contribution < -0.4 is 16.4 Å². The summed E-state index contributed by atoms with van der Waals surface area (Å²) in [5.41, 5.74) is 6.86. The zero-order valence-corrected chi connectivity index (χ0v) is 11.4. The smallest absolute Gasteiger partial charge is 0.199 e. The SMILES string of the molecule is CC(C)(C)c1ccc(NC(=N)NC(=N)N)c(Cl)c1. The van der Waals surface area contributed by atoms with Crippen molar-refractivity contribution >= 4 is 29.2 Å². The zero-order chi connectivity index (χ0) is 13.9. The topological polar surface area (TPSA) is 97.8 Å². The van der Waals surface area contributed by atoms with E-state index in [9.17, 15) is 0 Å². The Bertz CT molecular complexity index is 476. The molecule has 0 radical (unpaired) electrons. The lowest BCUT2D eigenvalue weighted by atomic mass is 9.87. The summed E-state index contributed by atoms with van der Waals surface area (Å²) >= 11 is 6.14. The summed E-state index contributed by atoms with van der Waals surface area (Å²) in [4.78, 5) is 0. The molecule has 0 aliphatic carbocycles. The number of hydrogen-bond donors (Lipinski definition) is 5. The Kier molecular flexibility index (Phi) is 4.19. The molecule has 0 aliphatic heterocycles. The Morgan fingerprint density at radius 3 is 2.33 bits per heavy atom. The van der Waals surface area contributed by atoms with Crippen LogP contribution in [0.2, 0.25) is 5.02 Å². The van der Waals surface area contributed by atoms with Crippen molar-refractivity contribution in [1.82, 2.24) is 5.32 Å². The quantitative estimate of drug-likeness (QED) is 0.399. The Morgan fingerprint density at radius 2 is 1.89 bits per heavy atom. The number of nitrogens with two attached hydrogens (primary N) is 1. The van der Waals surface area contributed by atoms with E-state index in [2.05, 4.69) is 31.4 Å². The van der Waals surface area contributed by atoms with Crippen molar-refractivity contribution in [2.75, 3.05) is 5.32 Å². The summed E-state index contributed by atoms with van der Waals surface area (Å²) in [7, 11) is 0. The number of anilines is 1. The molecule has 0 bridgehead atoms. The van der Waals surface area contributed by atoms with Gasteiger partial charge in [-0.1, -0.05) is 38.4 Å². The summed E-state index contributed by atoms with van der Waals surface area (Å²) in [5.74, 6) is -0.386. The lowest BCUT2D eigenvalue weighted by Crippen LogP contribution is -2.39. The van der Waals surface area contributed by atoms with Gasteiger partial charge in [0.15, 0.2) is 11.9 Å². The Labute approximate surface area is 112 Å². The van der Waals surface area contributed by atoms with E-state index in [4.69, 9.17) is 28.2 Å². The van der Waals surface area contributed by atoms with Gasteiger partial charge in [-0.15, -0.1) is 0 Å². The monoisotopic (exact) mass is 267 g/mol. The molecule has 0 saturated heterocycles. The molecule has 0 saturated carbocycles. The van der Waals surface area contributed by atoms with Crippen LogP contribution in [0.5, 0.6) is 0 Å². The number of hydrogen-bond acceptors (Lipinski definition) is 2. The molecule has 18 heavy (non-hydrogen) atoms. The summed E-state index contributed by atoms with van der Waals surface area (Å²) < 4.78 is 0. The van der Waals surface area contributed by atoms with E-state index in [0.717, 1.165) is 5.56 Å². The molecule has 0 aliphatic rings. The van der Waals surface area contributed by atoms with Gasteiger partial charge in [-0.05, 0) is 23.1 Å². The molecular formula is C12H18ClN5. The van der Waals surface area contributed by atoms with E-state index in [0.29, 0.717) is 10.7 Å². The molecule has 1 aromatic carbocycles. The van der Waals surface area contributed by atoms with Crippen molar-refractivity contribution in [3.63, 3.8) is 0 Å². The fourth-order valence-electron chi connectivity index (χ4n) is 1.38. The minimum absolute atomic E-state index is 0.0211. The molecule has 1 aromatic rings. The van der Waals surface area contributed by atoms with Gasteiger partial charge in [0, 0.05) is 0 Å². The van der Waals surface area contributed by atoms with Gasteiger partial charge in [0.2, 0.25) is 0 Å². The first-order valence-electron chi connectivity index (χ1n) is 5.47. The fraction of sp³-hybridized carbons (Fsp3) is 0.333. The largest absolute Gasteiger partial charge is 0.370 e. The summed E-state index contributed by atoms with van der Waals surface area (Å²) in [6.07, 6.45) is 0. The van der Waals surface area contributed by atoms with Crippen molar-refractivity contribution in [1.29, 1.82) is 10.8 Å². The maximum atomic E-state index is 7.53. The summed E-state index contributed by atoms with van der Waals surface area (Å²) in [5, 5.41) is 20.1. The maximum Gasteiger partial charge on any atom is 0.199 e. The van der Waals surface area contributed by atoms with Crippen LogP contribution in [0.3, 0.4) is 0 Å². The van der Waals surface area contributed by atoms with Crippen LogP contribution in [0.1, 0.15) is 26.3 Å². The fourth-order valence-corrected chi connectivity index (χ4v) is 1.61. The lowest BCUT2D eigenvalue weighted by molar-refractivity contribution is 0.590. The second-order valence-electron chi connectivity index (χ2n) is 4.98. The number of rotatable bonds is 1. The third-order valence-corrected chi connectivity index (χ3v) is 2.67. The molecule has 0 fully saturated rings. The Morgan fingerprint density at radius 1 is 1.28 bits per heavy atom. The first kappa shape index (κ1) is 14.3. The third-order valence-electron chi connectivity index (χ3n) is 2.35. The molecule has 0 unspecified atom stereocenters. The van der Waals surface area contributed by atoms with E-state index in [1.54, 1.807) is 6.07 Å². The highest BCUT2D eigenvalue weighted by Gasteiger charge is 2.15. The van der Waals surface area contributed by atoms with Gasteiger partial charge in [-0.25, -0.2) is 0 Å². The number of halogens is 1. The van der Waals surface area contributed by atoms with Crippen molar-refractivity contribution < 1.29 is 0 Å². The number of benzene rings is 1. The highest BCUT2D eigenvalue weighted by atomic mass is 35.5. The van der Waals surface area contributed by atoms with Crippen LogP contribution in [0.25, 0.3) is 0 Å². The second-order valence-corrected chi connectivity index (χ2v) is 5.39. The molecule has 6 heteroatoms. The Balaban J connectivity index is 2.87. The van der Waals surface area contributed by atoms with Gasteiger partial charge >= 0.3 is 0 Å². The predicted molar refractivity (Wildman–Crippen MR) is 76.6 cm³/mol. The van der Waals surface area contributed by atoms with E-state index in [-0.39, 0.29) is 17.3 Å². The predicted octanol–water partition coefficient (Wildman–Crippen LogP) is 2.47. The normalized spacial score (nSPS) is 10.9. The van der Waals surface area contributed by atoms with E-state index >= 15 is 0 Å². The first-order valence-corrected chi connectivity index (χ1v) is 5.84. The third kappa shape index (κ3) is 3.92. The zero-order valence-electron chi connectivity index (χ0n) is 10.7. The van der Waals surface area contributed by atoms with E-state index < -0.39 is 0 Å². The first-order chi connectivity index (χ1) is 8.20. The maximum absolute atomic E-state index is 7.53. The highest BCUT2D eigenvalue weighted by molar-refractivity contribution is 6.33. The molecule has 98 valence electrons. The Hall–Kier alpha value is -1.75. The van der Waals surface area contributed by atoms with Gasteiger partial charge < -0.3 is 11.1 Å². The van der Waals surface area contributed by atoms with Crippen LogP contribution in [-0.2, 0) is 5.41 Å². The van der Waals surface area contributed by atoms with E-state index in [1.807, 2.05) is 12.1 Å². The average Bonchev–Trinajstić information content (AvgIpc) is 2.18. The van der Waals surface area contributed by atoms with Crippen molar-refractivity contribution in [2.24, 2.45) is 5.73 Å². The van der Waals surface area contributed by atoms with Crippen molar-refractivity contribution in [3.05, 3.63) is 28.8 Å². The molecule has 6 N–H and O–H groups in total. The average molecular weight is 268 g/mol. The molecule has 1 rings (SSSR count).